The van der Waals surface area contributed by atoms with Gasteiger partial charge in [-0.15, -0.1) is 0 Å². The van der Waals surface area contributed by atoms with E-state index in [1.54, 1.807) is 7.11 Å². The summed E-state index contributed by atoms with van der Waals surface area (Å²) in [6, 6.07) is 9.70. The second-order valence-electron chi connectivity index (χ2n) is 7.09. The number of nitrogens with zero attached hydrogens (tertiary/aromatic N) is 2. The molecule has 2 heterocycles. The third-order valence-electron chi connectivity index (χ3n) is 5.50. The molecule has 2 fully saturated rings. The Kier molecular flexibility index (Phi) is 7.02. The quantitative estimate of drug-likeness (QED) is 0.827. The highest BCUT2D eigenvalue weighted by Crippen LogP contribution is 2.32. The lowest BCUT2D eigenvalue weighted by molar-refractivity contribution is -0.155. The van der Waals surface area contributed by atoms with E-state index in [-0.39, 0.29) is 30.6 Å². The largest absolute Gasteiger partial charge is 0.394 e. The van der Waals surface area contributed by atoms with Crippen molar-refractivity contribution in [2.75, 3.05) is 53.1 Å². The maximum atomic E-state index is 13.3. The van der Waals surface area contributed by atoms with Crippen molar-refractivity contribution in [1.29, 1.82) is 0 Å². The Labute approximate surface area is 155 Å². The molecule has 2 aliphatic rings. The van der Waals surface area contributed by atoms with Crippen molar-refractivity contribution in [2.45, 2.75) is 25.0 Å². The number of methoxy groups -OCH3 is 1. The first-order valence-electron chi connectivity index (χ1n) is 9.53. The molecule has 1 amide bonds. The minimum atomic E-state index is -0.364. The lowest BCUT2D eigenvalue weighted by Gasteiger charge is -2.43. The summed E-state index contributed by atoms with van der Waals surface area (Å²) in [5.74, 6) is 0.254. The summed E-state index contributed by atoms with van der Waals surface area (Å²) < 4.78 is 10.9. The number of piperidine rings is 1. The van der Waals surface area contributed by atoms with Gasteiger partial charge in [0.15, 0.2) is 0 Å². The second-order valence-corrected chi connectivity index (χ2v) is 7.09. The Bertz CT molecular complexity index is 560. The van der Waals surface area contributed by atoms with Crippen LogP contribution < -0.4 is 0 Å². The molecular weight excluding hydrogens is 332 g/mol. The predicted octanol–water partition coefficient (Wildman–Crippen LogP) is 1.31. The molecule has 0 unspecified atom stereocenters. The number of rotatable bonds is 6. The molecule has 2 saturated heterocycles. The molecule has 6 heteroatoms. The molecule has 1 aromatic rings. The van der Waals surface area contributed by atoms with Gasteiger partial charge in [0.05, 0.1) is 25.9 Å². The minimum absolute atomic E-state index is 0.0532. The summed E-state index contributed by atoms with van der Waals surface area (Å²) in [6.07, 6.45) is 1.40. The maximum Gasteiger partial charge on any atom is 0.226 e. The average Bonchev–Trinajstić information content (AvgIpc) is 2.72. The lowest BCUT2D eigenvalue weighted by Crippen LogP contribution is -2.52. The zero-order valence-corrected chi connectivity index (χ0v) is 15.5. The third-order valence-corrected chi connectivity index (χ3v) is 5.50. The molecule has 0 aromatic heterocycles. The smallest absolute Gasteiger partial charge is 0.226 e. The molecule has 3 rings (SSSR count). The van der Waals surface area contributed by atoms with Gasteiger partial charge in [0.2, 0.25) is 5.91 Å². The molecular formula is C20H30N2O4. The molecule has 1 N–H and O–H groups in total. The number of hydrogen-bond acceptors (Lipinski definition) is 5. The molecule has 0 bridgehead atoms. The molecule has 6 nitrogen and oxygen atoms in total. The summed E-state index contributed by atoms with van der Waals surface area (Å²) in [4.78, 5) is 17.6. The van der Waals surface area contributed by atoms with Crippen LogP contribution in [0.3, 0.4) is 0 Å². The third kappa shape index (κ3) is 4.43. The highest BCUT2D eigenvalue weighted by Gasteiger charge is 2.39. The number of aliphatic hydroxyl groups excluding tert-OH is 1. The Morgan fingerprint density at radius 1 is 1.23 bits per heavy atom. The van der Waals surface area contributed by atoms with Gasteiger partial charge < -0.3 is 24.4 Å². The van der Waals surface area contributed by atoms with Crippen LogP contribution in [0.1, 0.15) is 24.4 Å². The van der Waals surface area contributed by atoms with Crippen LogP contribution in [0, 0.1) is 5.92 Å². The summed E-state index contributed by atoms with van der Waals surface area (Å²) in [5.41, 5.74) is 1.03. The second kappa shape index (κ2) is 9.46. The lowest BCUT2D eigenvalue weighted by atomic mass is 9.92. The Morgan fingerprint density at radius 3 is 2.62 bits per heavy atom. The number of ether oxygens (including phenoxy) is 2. The van der Waals surface area contributed by atoms with Crippen LogP contribution in [0.2, 0.25) is 0 Å². The van der Waals surface area contributed by atoms with Crippen molar-refractivity contribution in [1.82, 2.24) is 9.80 Å². The van der Waals surface area contributed by atoms with E-state index in [1.807, 2.05) is 35.2 Å². The summed E-state index contributed by atoms with van der Waals surface area (Å²) in [6.45, 7) is 4.50. The van der Waals surface area contributed by atoms with Crippen molar-refractivity contribution < 1.29 is 19.4 Å². The van der Waals surface area contributed by atoms with E-state index in [0.29, 0.717) is 13.2 Å². The van der Waals surface area contributed by atoms with Crippen molar-refractivity contribution in [3.05, 3.63) is 35.9 Å². The van der Waals surface area contributed by atoms with Gasteiger partial charge in [0, 0.05) is 26.1 Å². The summed E-state index contributed by atoms with van der Waals surface area (Å²) in [5, 5.41) is 9.77. The zero-order valence-electron chi connectivity index (χ0n) is 15.5. The Balaban J connectivity index is 1.68. The van der Waals surface area contributed by atoms with Crippen molar-refractivity contribution in [3.8, 4) is 0 Å². The van der Waals surface area contributed by atoms with Crippen LogP contribution in [0.15, 0.2) is 30.3 Å². The molecule has 0 radical (unpaired) electrons. The first-order chi connectivity index (χ1) is 12.7. The highest BCUT2D eigenvalue weighted by molar-refractivity contribution is 5.79. The number of likely N-dealkylation sites (tertiary alicyclic amines) is 1. The van der Waals surface area contributed by atoms with Gasteiger partial charge >= 0.3 is 0 Å². The van der Waals surface area contributed by atoms with Crippen molar-refractivity contribution in [2.24, 2.45) is 5.92 Å². The monoisotopic (exact) mass is 362 g/mol. The van der Waals surface area contributed by atoms with E-state index in [2.05, 4.69) is 4.90 Å². The van der Waals surface area contributed by atoms with Gasteiger partial charge in [-0.2, -0.15) is 0 Å². The molecule has 2 aliphatic heterocycles. The fraction of sp³-hybridized carbons (Fsp3) is 0.650. The van der Waals surface area contributed by atoms with Crippen LogP contribution in [-0.2, 0) is 14.3 Å². The van der Waals surface area contributed by atoms with Crippen molar-refractivity contribution >= 4 is 5.91 Å². The van der Waals surface area contributed by atoms with Crippen molar-refractivity contribution in [3.63, 3.8) is 0 Å². The van der Waals surface area contributed by atoms with E-state index in [1.165, 1.54) is 0 Å². The minimum Gasteiger partial charge on any atom is -0.394 e. The number of carbonyl (C=O) groups excluding carboxylic acids is 1. The number of hydrogen-bond donors (Lipinski definition) is 1. The van der Waals surface area contributed by atoms with Crippen LogP contribution >= 0.6 is 0 Å². The first kappa shape index (κ1) is 19.3. The van der Waals surface area contributed by atoms with Crippen LogP contribution in [0.25, 0.3) is 0 Å². The fourth-order valence-corrected chi connectivity index (χ4v) is 4.04. The van der Waals surface area contributed by atoms with Crippen LogP contribution in [0.5, 0.6) is 0 Å². The van der Waals surface area contributed by atoms with E-state index in [4.69, 9.17) is 9.47 Å². The van der Waals surface area contributed by atoms with Crippen LogP contribution in [-0.4, -0.2) is 80.0 Å². The molecule has 0 saturated carbocycles. The Morgan fingerprint density at radius 2 is 1.96 bits per heavy atom. The average molecular weight is 362 g/mol. The van der Waals surface area contributed by atoms with Gasteiger partial charge in [-0.05, 0) is 31.5 Å². The summed E-state index contributed by atoms with van der Waals surface area (Å²) >= 11 is 0. The zero-order chi connectivity index (χ0) is 18.4. The van der Waals surface area contributed by atoms with E-state index < -0.39 is 0 Å². The van der Waals surface area contributed by atoms with E-state index >= 15 is 0 Å². The van der Waals surface area contributed by atoms with Gasteiger partial charge in [-0.25, -0.2) is 0 Å². The van der Waals surface area contributed by atoms with Gasteiger partial charge in [-0.3, -0.25) is 4.79 Å². The Hall–Kier alpha value is -1.47. The molecule has 0 aliphatic carbocycles. The van der Waals surface area contributed by atoms with Gasteiger partial charge in [-0.1, -0.05) is 30.3 Å². The predicted molar refractivity (Wildman–Crippen MR) is 98.8 cm³/mol. The fourth-order valence-electron chi connectivity index (χ4n) is 4.04. The van der Waals surface area contributed by atoms with Crippen LogP contribution in [0.4, 0.5) is 0 Å². The molecule has 26 heavy (non-hydrogen) atoms. The number of amides is 1. The van der Waals surface area contributed by atoms with E-state index in [9.17, 15) is 9.90 Å². The summed E-state index contributed by atoms with van der Waals surface area (Å²) in [7, 11) is 1.72. The molecule has 2 atom stereocenters. The molecule has 1 aromatic carbocycles. The number of benzene rings is 1. The number of aliphatic hydroxyl groups is 1. The number of carbonyl (C=O) groups is 1. The molecule has 0 spiro atoms. The highest BCUT2D eigenvalue weighted by atomic mass is 16.5. The standard InChI is InChI=1S/C20H30N2O4/c1-25-13-11-21-9-7-17(8-10-21)20(24)22-12-14-26-18(15-23)19(22)16-5-3-2-4-6-16/h2-6,17-19,23H,7-15H2,1H3/t18-,19-/m1/s1. The maximum absolute atomic E-state index is 13.3. The topological polar surface area (TPSA) is 62.2 Å². The molecule has 144 valence electrons. The van der Waals surface area contributed by atoms with Gasteiger partial charge in [0.1, 0.15) is 6.10 Å². The van der Waals surface area contributed by atoms with E-state index in [0.717, 1.165) is 44.6 Å². The first-order valence-corrected chi connectivity index (χ1v) is 9.53. The van der Waals surface area contributed by atoms with Gasteiger partial charge in [0.25, 0.3) is 0 Å². The number of morpholine rings is 1. The SMILES string of the molecule is COCCN1CCC(C(=O)N2CCO[C@H](CO)[C@H]2c2ccccc2)CC1. The normalized spacial score (nSPS) is 25.4.